The van der Waals surface area contributed by atoms with Crippen molar-refractivity contribution < 1.29 is 29.6 Å². The average molecular weight is 206 g/mol. The SMILES string of the molecule is CC(=O)O[C@@H]1[C@@H](O)[C@H](O)[C@H](C)O[C@H]1O. The number of rotatable bonds is 1. The molecule has 1 saturated heterocycles. The van der Waals surface area contributed by atoms with E-state index in [0.717, 1.165) is 6.92 Å². The van der Waals surface area contributed by atoms with Crippen molar-refractivity contribution in [1.29, 1.82) is 0 Å². The molecule has 82 valence electrons. The first-order valence-electron chi connectivity index (χ1n) is 4.30. The van der Waals surface area contributed by atoms with Crippen molar-refractivity contribution in [3.8, 4) is 0 Å². The van der Waals surface area contributed by atoms with E-state index in [1.54, 1.807) is 0 Å². The predicted molar refractivity (Wildman–Crippen MR) is 44.1 cm³/mol. The number of ether oxygens (including phenoxy) is 2. The van der Waals surface area contributed by atoms with Crippen LogP contribution in [0.25, 0.3) is 0 Å². The summed E-state index contributed by atoms with van der Waals surface area (Å²) in [6.45, 7) is 2.64. The largest absolute Gasteiger partial charge is 0.454 e. The van der Waals surface area contributed by atoms with Gasteiger partial charge in [-0.15, -0.1) is 0 Å². The minimum atomic E-state index is -1.41. The topological polar surface area (TPSA) is 96.2 Å². The Morgan fingerprint density at radius 2 is 1.86 bits per heavy atom. The van der Waals surface area contributed by atoms with Crippen LogP contribution in [0.1, 0.15) is 13.8 Å². The summed E-state index contributed by atoms with van der Waals surface area (Å²) in [6.07, 6.45) is -5.86. The van der Waals surface area contributed by atoms with Gasteiger partial charge < -0.3 is 24.8 Å². The molecule has 1 fully saturated rings. The molecule has 0 unspecified atom stereocenters. The molecule has 14 heavy (non-hydrogen) atoms. The molecule has 1 aliphatic rings. The highest BCUT2D eigenvalue weighted by Gasteiger charge is 2.43. The van der Waals surface area contributed by atoms with Crippen molar-refractivity contribution >= 4 is 5.97 Å². The highest BCUT2D eigenvalue weighted by atomic mass is 16.7. The Labute approximate surface area is 81.1 Å². The summed E-state index contributed by atoms with van der Waals surface area (Å²) in [6, 6.07) is 0. The maximum absolute atomic E-state index is 10.6. The van der Waals surface area contributed by atoms with Crippen molar-refractivity contribution in [3.05, 3.63) is 0 Å². The maximum Gasteiger partial charge on any atom is 0.303 e. The Hall–Kier alpha value is -0.690. The zero-order chi connectivity index (χ0) is 10.9. The first-order chi connectivity index (χ1) is 6.43. The molecule has 0 amide bonds. The summed E-state index contributed by atoms with van der Waals surface area (Å²) >= 11 is 0. The molecule has 3 N–H and O–H groups in total. The Morgan fingerprint density at radius 1 is 1.29 bits per heavy atom. The van der Waals surface area contributed by atoms with E-state index in [-0.39, 0.29) is 0 Å². The van der Waals surface area contributed by atoms with Gasteiger partial charge in [0, 0.05) is 6.92 Å². The third-order valence-electron chi connectivity index (χ3n) is 2.10. The highest BCUT2D eigenvalue weighted by molar-refractivity contribution is 5.66. The van der Waals surface area contributed by atoms with Crippen LogP contribution in [0.2, 0.25) is 0 Å². The average Bonchev–Trinajstić information content (AvgIpc) is 2.09. The number of aliphatic hydroxyl groups is 3. The van der Waals surface area contributed by atoms with Gasteiger partial charge in [-0.25, -0.2) is 0 Å². The Kier molecular flexibility index (Phi) is 3.43. The second-order valence-electron chi connectivity index (χ2n) is 3.29. The molecular formula is C8H14O6. The van der Waals surface area contributed by atoms with Crippen molar-refractivity contribution in [1.82, 2.24) is 0 Å². The standard InChI is InChI=1S/C8H14O6/c1-3-5(10)6(11)7(8(12)13-3)14-4(2)9/h3,5-8,10-12H,1-2H3/t3-,5+,6-,7+,8+/m0/s1. The Bertz CT molecular complexity index is 218. The van der Waals surface area contributed by atoms with Crippen LogP contribution in [0.15, 0.2) is 0 Å². The molecule has 0 aromatic rings. The van der Waals surface area contributed by atoms with E-state index < -0.39 is 36.7 Å². The van der Waals surface area contributed by atoms with Gasteiger partial charge in [-0.05, 0) is 6.92 Å². The molecule has 1 rings (SSSR count). The van der Waals surface area contributed by atoms with Gasteiger partial charge in [0.25, 0.3) is 0 Å². The van der Waals surface area contributed by atoms with Crippen molar-refractivity contribution in [3.63, 3.8) is 0 Å². The van der Waals surface area contributed by atoms with Crippen LogP contribution in [-0.4, -0.2) is 52.0 Å². The lowest BCUT2D eigenvalue weighted by atomic mass is 10.00. The van der Waals surface area contributed by atoms with E-state index in [2.05, 4.69) is 4.74 Å². The molecule has 6 nitrogen and oxygen atoms in total. The maximum atomic E-state index is 10.6. The molecule has 1 aliphatic heterocycles. The Morgan fingerprint density at radius 3 is 2.36 bits per heavy atom. The zero-order valence-corrected chi connectivity index (χ0v) is 7.95. The van der Waals surface area contributed by atoms with E-state index in [9.17, 15) is 20.1 Å². The fourth-order valence-electron chi connectivity index (χ4n) is 1.34. The number of hydrogen-bond acceptors (Lipinski definition) is 6. The van der Waals surface area contributed by atoms with Gasteiger partial charge in [0.05, 0.1) is 6.10 Å². The minimum absolute atomic E-state index is 0.654. The molecular weight excluding hydrogens is 192 g/mol. The summed E-state index contributed by atoms with van der Waals surface area (Å²) in [5.41, 5.74) is 0. The lowest BCUT2D eigenvalue weighted by molar-refractivity contribution is -0.282. The first kappa shape index (κ1) is 11.4. The van der Waals surface area contributed by atoms with Gasteiger partial charge in [-0.1, -0.05) is 0 Å². The molecule has 5 atom stereocenters. The molecule has 1 heterocycles. The van der Waals surface area contributed by atoms with E-state index in [4.69, 9.17) is 4.74 Å². The fourth-order valence-corrected chi connectivity index (χ4v) is 1.34. The van der Waals surface area contributed by atoms with Crippen molar-refractivity contribution in [2.45, 2.75) is 44.6 Å². The van der Waals surface area contributed by atoms with Gasteiger partial charge in [-0.2, -0.15) is 0 Å². The Balaban J connectivity index is 2.68. The van der Waals surface area contributed by atoms with Crippen LogP contribution < -0.4 is 0 Å². The van der Waals surface area contributed by atoms with Gasteiger partial charge in [0.15, 0.2) is 12.4 Å². The summed E-state index contributed by atoms with van der Waals surface area (Å²) < 4.78 is 9.46. The number of aliphatic hydroxyl groups excluding tert-OH is 3. The van der Waals surface area contributed by atoms with Crippen LogP contribution in [0.3, 0.4) is 0 Å². The fraction of sp³-hybridized carbons (Fsp3) is 0.875. The minimum Gasteiger partial charge on any atom is -0.454 e. The molecule has 0 aromatic heterocycles. The van der Waals surface area contributed by atoms with Gasteiger partial charge in [0.2, 0.25) is 0 Å². The summed E-state index contributed by atoms with van der Waals surface area (Å²) in [5.74, 6) is -0.654. The van der Waals surface area contributed by atoms with Crippen molar-refractivity contribution in [2.75, 3.05) is 0 Å². The monoisotopic (exact) mass is 206 g/mol. The third-order valence-corrected chi connectivity index (χ3v) is 2.10. The van der Waals surface area contributed by atoms with Crippen LogP contribution in [0, 0.1) is 0 Å². The zero-order valence-electron chi connectivity index (χ0n) is 7.95. The van der Waals surface area contributed by atoms with Gasteiger partial charge in [-0.3, -0.25) is 4.79 Å². The molecule has 6 heteroatoms. The molecule has 0 spiro atoms. The lowest BCUT2D eigenvalue weighted by Gasteiger charge is -2.38. The van der Waals surface area contributed by atoms with E-state index in [1.807, 2.05) is 0 Å². The first-order valence-corrected chi connectivity index (χ1v) is 4.30. The van der Waals surface area contributed by atoms with Crippen LogP contribution in [0.4, 0.5) is 0 Å². The van der Waals surface area contributed by atoms with E-state index in [0.29, 0.717) is 0 Å². The molecule has 0 radical (unpaired) electrons. The molecule has 0 aliphatic carbocycles. The van der Waals surface area contributed by atoms with E-state index in [1.165, 1.54) is 6.92 Å². The van der Waals surface area contributed by atoms with Crippen molar-refractivity contribution in [2.24, 2.45) is 0 Å². The smallest absolute Gasteiger partial charge is 0.303 e. The number of carbonyl (C=O) groups excluding carboxylic acids is 1. The molecule has 0 saturated carbocycles. The normalized spacial score (nSPS) is 43.4. The van der Waals surface area contributed by atoms with Crippen LogP contribution in [0.5, 0.6) is 0 Å². The van der Waals surface area contributed by atoms with Crippen LogP contribution in [-0.2, 0) is 14.3 Å². The highest BCUT2D eigenvalue weighted by Crippen LogP contribution is 2.21. The quantitative estimate of drug-likeness (QED) is 0.446. The number of hydrogen-bond donors (Lipinski definition) is 3. The summed E-state index contributed by atoms with van der Waals surface area (Å²) in [7, 11) is 0. The summed E-state index contributed by atoms with van der Waals surface area (Å²) in [5, 5.41) is 28.1. The second kappa shape index (κ2) is 4.22. The molecule has 0 aromatic carbocycles. The van der Waals surface area contributed by atoms with Gasteiger partial charge in [0.1, 0.15) is 12.2 Å². The molecule has 0 bridgehead atoms. The number of esters is 1. The second-order valence-corrected chi connectivity index (χ2v) is 3.29. The van der Waals surface area contributed by atoms with Gasteiger partial charge >= 0.3 is 5.97 Å². The lowest BCUT2D eigenvalue weighted by Crippen LogP contribution is -2.57. The summed E-state index contributed by atoms with van der Waals surface area (Å²) in [4.78, 5) is 10.6. The number of carbonyl (C=O) groups is 1. The predicted octanol–water partition coefficient (Wildman–Crippen LogP) is -1.62. The van der Waals surface area contributed by atoms with E-state index >= 15 is 0 Å². The van der Waals surface area contributed by atoms with Crippen LogP contribution >= 0.6 is 0 Å². The third kappa shape index (κ3) is 2.21.